The summed E-state index contributed by atoms with van der Waals surface area (Å²) in [5.41, 5.74) is 1.51. The fourth-order valence-electron chi connectivity index (χ4n) is 1.41. The summed E-state index contributed by atoms with van der Waals surface area (Å²) in [6, 6.07) is 7.96. The van der Waals surface area contributed by atoms with E-state index in [0.717, 1.165) is 11.3 Å². The highest BCUT2D eigenvalue weighted by Crippen LogP contribution is 2.16. The molecule has 20 heavy (non-hydrogen) atoms. The van der Waals surface area contributed by atoms with Crippen LogP contribution in [0.3, 0.4) is 0 Å². The van der Waals surface area contributed by atoms with Crippen LogP contribution in [-0.2, 0) is 4.79 Å². The Morgan fingerprint density at radius 1 is 1.30 bits per heavy atom. The van der Waals surface area contributed by atoms with Crippen LogP contribution in [0.5, 0.6) is 0 Å². The largest absolute Gasteiger partial charge is 0.378 e. The van der Waals surface area contributed by atoms with Crippen LogP contribution in [0.25, 0.3) is 0 Å². The zero-order valence-corrected chi connectivity index (χ0v) is 13.2. The van der Waals surface area contributed by atoms with Gasteiger partial charge in [0.2, 0.25) is 5.91 Å². The second-order valence-electron chi connectivity index (χ2n) is 5.44. The fourth-order valence-corrected chi connectivity index (χ4v) is 1.53. The van der Waals surface area contributed by atoms with Crippen molar-refractivity contribution in [2.75, 3.05) is 31.4 Å². The van der Waals surface area contributed by atoms with Gasteiger partial charge >= 0.3 is 0 Å². The first-order valence-corrected chi connectivity index (χ1v) is 7.01. The molecule has 1 rings (SSSR count). The number of benzene rings is 1. The number of halogens is 1. The monoisotopic (exact) mass is 292 g/mol. The number of amides is 1. The van der Waals surface area contributed by atoms with E-state index in [0.29, 0.717) is 6.54 Å². The predicted molar refractivity (Wildman–Crippen MR) is 85.2 cm³/mol. The first kappa shape index (κ1) is 16.4. The molecule has 0 bridgehead atoms. The van der Waals surface area contributed by atoms with Gasteiger partial charge in [-0.05, 0) is 38.1 Å². The summed E-state index contributed by atoms with van der Waals surface area (Å²) < 4.78 is 0. The van der Waals surface area contributed by atoms with E-state index in [2.05, 4.69) is 17.2 Å². The zero-order valence-electron chi connectivity index (χ0n) is 12.5. The predicted octanol–water partition coefficient (Wildman–Crippen LogP) is 2.49. The highest BCUT2D eigenvalue weighted by molar-refractivity contribution is 6.19. The Morgan fingerprint density at radius 3 is 2.40 bits per heavy atom. The van der Waals surface area contributed by atoms with E-state index in [1.54, 1.807) is 0 Å². The third kappa shape index (κ3) is 4.79. The van der Waals surface area contributed by atoms with E-state index in [1.165, 1.54) is 0 Å². The molecule has 0 aliphatic heterocycles. The molecule has 4 heteroatoms. The lowest BCUT2D eigenvalue weighted by Crippen LogP contribution is -2.38. The molecule has 3 nitrogen and oxygen atoms in total. The Morgan fingerprint density at radius 2 is 1.90 bits per heavy atom. The minimum atomic E-state index is -0.559. The third-order valence-corrected chi connectivity index (χ3v) is 3.57. The lowest BCUT2D eigenvalue weighted by Gasteiger charge is -2.19. The highest BCUT2D eigenvalue weighted by atomic mass is 35.5. The first-order chi connectivity index (χ1) is 9.36. The number of nitrogens with one attached hydrogen (secondary N) is 1. The molecule has 0 spiro atoms. The Hall–Kier alpha value is -1.66. The van der Waals surface area contributed by atoms with Gasteiger partial charge in [-0.2, -0.15) is 0 Å². The van der Waals surface area contributed by atoms with Gasteiger partial charge in [-0.3, -0.25) is 4.79 Å². The van der Waals surface area contributed by atoms with E-state index in [1.807, 2.05) is 57.1 Å². The van der Waals surface area contributed by atoms with Gasteiger partial charge in [0.25, 0.3) is 0 Å². The Bertz CT molecular complexity index is 510. The van der Waals surface area contributed by atoms with Crippen LogP contribution in [-0.4, -0.2) is 32.4 Å². The Balaban J connectivity index is 2.53. The van der Waals surface area contributed by atoms with E-state index in [4.69, 9.17) is 11.6 Å². The molecule has 1 aromatic rings. The smallest absolute Gasteiger partial charge is 0.227 e. The standard InChI is InChI=1S/C16H21ClN2O/c1-16(2,12-17)15(20)18-11-5-6-13-7-9-14(10-8-13)19(3)4/h7-10H,11-12H2,1-4H3,(H,18,20). The SMILES string of the molecule is CN(C)c1ccc(C#CCNC(=O)C(C)(C)CCl)cc1. The molecule has 0 heterocycles. The van der Waals surface area contributed by atoms with Crippen molar-refractivity contribution in [2.24, 2.45) is 5.41 Å². The molecule has 108 valence electrons. The van der Waals surface area contributed by atoms with E-state index >= 15 is 0 Å². The summed E-state index contributed by atoms with van der Waals surface area (Å²) >= 11 is 5.74. The average molecular weight is 293 g/mol. The van der Waals surface area contributed by atoms with Crippen molar-refractivity contribution < 1.29 is 4.79 Å². The molecule has 0 saturated heterocycles. The lowest BCUT2D eigenvalue weighted by molar-refractivity contribution is -0.128. The molecule has 1 amide bonds. The van der Waals surface area contributed by atoms with Crippen molar-refractivity contribution in [3.05, 3.63) is 29.8 Å². The Labute approximate surface area is 126 Å². The molecule has 0 radical (unpaired) electrons. The van der Waals surface area contributed by atoms with Gasteiger partial charge in [-0.1, -0.05) is 11.8 Å². The number of carbonyl (C=O) groups excluding carboxylic acids is 1. The maximum atomic E-state index is 11.8. The van der Waals surface area contributed by atoms with Gasteiger partial charge in [0.05, 0.1) is 12.0 Å². The molecule has 0 saturated carbocycles. The molecule has 0 atom stereocenters. The molecule has 0 fully saturated rings. The summed E-state index contributed by atoms with van der Waals surface area (Å²) in [5, 5.41) is 2.77. The third-order valence-electron chi connectivity index (χ3n) is 2.90. The van der Waals surface area contributed by atoms with Crippen LogP contribution in [0.1, 0.15) is 19.4 Å². The van der Waals surface area contributed by atoms with Crippen molar-refractivity contribution in [3.63, 3.8) is 0 Å². The summed E-state index contributed by atoms with van der Waals surface area (Å²) in [4.78, 5) is 13.8. The van der Waals surface area contributed by atoms with E-state index < -0.39 is 5.41 Å². The van der Waals surface area contributed by atoms with Crippen LogP contribution < -0.4 is 10.2 Å². The van der Waals surface area contributed by atoms with Crippen molar-refractivity contribution in [1.82, 2.24) is 5.32 Å². The highest BCUT2D eigenvalue weighted by Gasteiger charge is 2.25. The maximum Gasteiger partial charge on any atom is 0.227 e. The number of hydrogen-bond donors (Lipinski definition) is 1. The molecule has 0 aliphatic rings. The molecular weight excluding hydrogens is 272 g/mol. The molecular formula is C16H21ClN2O. The van der Waals surface area contributed by atoms with Gasteiger partial charge in [-0.25, -0.2) is 0 Å². The normalized spacial score (nSPS) is 10.4. The summed E-state index contributed by atoms with van der Waals surface area (Å²) in [6.45, 7) is 3.94. The second-order valence-corrected chi connectivity index (χ2v) is 5.71. The van der Waals surface area contributed by atoms with Crippen LogP contribution in [0.15, 0.2) is 24.3 Å². The fraction of sp³-hybridized carbons (Fsp3) is 0.438. The van der Waals surface area contributed by atoms with Crippen LogP contribution in [0, 0.1) is 17.3 Å². The first-order valence-electron chi connectivity index (χ1n) is 6.47. The van der Waals surface area contributed by atoms with E-state index in [9.17, 15) is 4.79 Å². The van der Waals surface area contributed by atoms with Crippen LogP contribution >= 0.6 is 11.6 Å². The summed E-state index contributed by atoms with van der Waals surface area (Å²) in [7, 11) is 3.99. The van der Waals surface area contributed by atoms with Gasteiger partial charge in [0.1, 0.15) is 0 Å². The average Bonchev–Trinajstić information content (AvgIpc) is 2.43. The summed E-state index contributed by atoms with van der Waals surface area (Å²) in [5.74, 6) is 6.17. The van der Waals surface area contributed by atoms with Crippen molar-refractivity contribution in [1.29, 1.82) is 0 Å². The molecule has 0 unspecified atom stereocenters. The van der Waals surface area contributed by atoms with Gasteiger partial charge < -0.3 is 10.2 Å². The maximum absolute atomic E-state index is 11.8. The zero-order chi connectivity index (χ0) is 15.2. The quantitative estimate of drug-likeness (QED) is 0.683. The second kappa shape index (κ2) is 7.21. The minimum absolute atomic E-state index is 0.0789. The molecule has 0 aliphatic carbocycles. The molecule has 1 aromatic carbocycles. The van der Waals surface area contributed by atoms with Crippen molar-refractivity contribution in [2.45, 2.75) is 13.8 Å². The van der Waals surface area contributed by atoms with E-state index in [-0.39, 0.29) is 11.8 Å². The summed E-state index contributed by atoms with van der Waals surface area (Å²) in [6.07, 6.45) is 0. The topological polar surface area (TPSA) is 32.3 Å². The van der Waals surface area contributed by atoms with Crippen molar-refractivity contribution >= 4 is 23.2 Å². The van der Waals surface area contributed by atoms with Gasteiger partial charge in [-0.15, -0.1) is 11.6 Å². The van der Waals surface area contributed by atoms with Gasteiger partial charge in [0.15, 0.2) is 0 Å². The number of carbonyl (C=O) groups is 1. The number of rotatable bonds is 4. The van der Waals surface area contributed by atoms with Gasteiger partial charge in [0, 0.05) is 31.2 Å². The minimum Gasteiger partial charge on any atom is -0.378 e. The van der Waals surface area contributed by atoms with Crippen LogP contribution in [0.4, 0.5) is 5.69 Å². The Kier molecular flexibility index (Phi) is 5.91. The molecule has 1 N–H and O–H groups in total. The lowest BCUT2D eigenvalue weighted by atomic mass is 9.95. The number of alkyl halides is 1. The molecule has 0 aromatic heterocycles. The number of nitrogens with zero attached hydrogens (tertiary/aromatic N) is 1. The number of anilines is 1. The van der Waals surface area contributed by atoms with Crippen molar-refractivity contribution in [3.8, 4) is 11.8 Å². The van der Waals surface area contributed by atoms with Crippen LogP contribution in [0.2, 0.25) is 0 Å². The number of hydrogen-bond acceptors (Lipinski definition) is 2.